The molecule has 0 saturated heterocycles. The van der Waals surface area contributed by atoms with Crippen molar-refractivity contribution in [2.24, 2.45) is 0 Å². The number of fused-ring (bicyclic) bond motifs is 1. The maximum atomic E-state index is 13.2. The lowest BCUT2D eigenvalue weighted by molar-refractivity contribution is -0.121. The Morgan fingerprint density at radius 1 is 1.36 bits per heavy atom. The maximum absolute atomic E-state index is 13.2. The molecule has 0 unspecified atom stereocenters. The number of rotatable bonds is 3. The van der Waals surface area contributed by atoms with E-state index in [1.54, 1.807) is 36.1 Å². The first kappa shape index (κ1) is 17.2. The van der Waals surface area contributed by atoms with E-state index in [2.05, 4.69) is 5.32 Å². The van der Waals surface area contributed by atoms with Crippen molar-refractivity contribution in [3.63, 3.8) is 0 Å². The van der Waals surface area contributed by atoms with Gasteiger partial charge in [0.2, 0.25) is 5.91 Å². The van der Waals surface area contributed by atoms with E-state index in [-0.39, 0.29) is 35.9 Å². The van der Waals surface area contributed by atoms with Crippen molar-refractivity contribution in [3.8, 4) is 5.75 Å². The molecule has 1 heterocycles. The minimum Gasteiger partial charge on any atom is -0.484 e. The van der Waals surface area contributed by atoms with Crippen molar-refractivity contribution in [2.45, 2.75) is 19.4 Å². The summed E-state index contributed by atoms with van der Waals surface area (Å²) in [6.45, 7) is 1.54. The van der Waals surface area contributed by atoms with Gasteiger partial charge in [-0.25, -0.2) is 4.39 Å². The second-order valence-electron chi connectivity index (χ2n) is 5.75. The Kier molecular flexibility index (Phi) is 4.90. The van der Waals surface area contributed by atoms with E-state index in [0.717, 1.165) is 0 Å². The molecule has 0 bridgehead atoms. The molecule has 1 atom stereocenters. The van der Waals surface area contributed by atoms with E-state index in [1.165, 1.54) is 18.2 Å². The van der Waals surface area contributed by atoms with Gasteiger partial charge in [0, 0.05) is 18.5 Å². The van der Waals surface area contributed by atoms with Crippen LogP contribution in [0.5, 0.6) is 5.75 Å². The molecule has 0 radical (unpaired) electrons. The molecule has 5 nitrogen and oxygen atoms in total. The second-order valence-corrected chi connectivity index (χ2v) is 6.15. The fourth-order valence-corrected chi connectivity index (χ4v) is 2.92. The standard InChI is InChI=1S/C18H16ClFN2O3/c1-11-8-17(23)21-15-4-2-3-5-16(15)22(11)18(24)10-25-12-6-7-14(20)13(19)9-12/h2-7,9,11H,8,10H2,1H3,(H,21,23)/t11-/m0/s1. The highest BCUT2D eigenvalue weighted by Crippen LogP contribution is 2.31. The molecule has 7 heteroatoms. The first-order chi connectivity index (χ1) is 12.0. The zero-order valence-corrected chi connectivity index (χ0v) is 14.2. The van der Waals surface area contributed by atoms with Crippen LogP contribution in [0, 0.1) is 5.82 Å². The summed E-state index contributed by atoms with van der Waals surface area (Å²) in [7, 11) is 0. The molecule has 0 saturated carbocycles. The molecule has 1 aliphatic rings. The van der Waals surface area contributed by atoms with Gasteiger partial charge in [0.05, 0.1) is 16.4 Å². The van der Waals surface area contributed by atoms with Gasteiger partial charge in [0.15, 0.2) is 6.61 Å². The van der Waals surface area contributed by atoms with E-state index in [1.807, 2.05) is 0 Å². The van der Waals surface area contributed by atoms with Crippen molar-refractivity contribution < 1.29 is 18.7 Å². The highest BCUT2D eigenvalue weighted by atomic mass is 35.5. The minimum atomic E-state index is -0.556. The molecular formula is C18H16ClFN2O3. The number of halogens is 2. The second kappa shape index (κ2) is 7.11. The lowest BCUT2D eigenvalue weighted by Crippen LogP contribution is -2.41. The van der Waals surface area contributed by atoms with E-state index in [0.29, 0.717) is 17.1 Å². The molecule has 2 amide bonds. The monoisotopic (exact) mass is 362 g/mol. The van der Waals surface area contributed by atoms with E-state index in [9.17, 15) is 14.0 Å². The highest BCUT2D eigenvalue weighted by Gasteiger charge is 2.29. The Morgan fingerprint density at radius 3 is 2.88 bits per heavy atom. The Balaban J connectivity index is 1.80. The average Bonchev–Trinajstić information content (AvgIpc) is 2.70. The minimum absolute atomic E-state index is 0.0757. The summed E-state index contributed by atoms with van der Waals surface area (Å²) < 4.78 is 18.6. The number of hydrogen-bond donors (Lipinski definition) is 1. The van der Waals surface area contributed by atoms with Crippen LogP contribution >= 0.6 is 11.6 Å². The number of nitrogens with zero attached hydrogens (tertiary/aromatic N) is 1. The summed E-state index contributed by atoms with van der Waals surface area (Å²) in [4.78, 5) is 26.2. The summed E-state index contributed by atoms with van der Waals surface area (Å²) in [6.07, 6.45) is 0.183. The van der Waals surface area contributed by atoms with Crippen LogP contribution in [-0.2, 0) is 9.59 Å². The summed E-state index contributed by atoms with van der Waals surface area (Å²) in [6, 6.07) is 10.7. The van der Waals surface area contributed by atoms with Gasteiger partial charge >= 0.3 is 0 Å². The van der Waals surface area contributed by atoms with E-state index in [4.69, 9.17) is 16.3 Å². The number of carbonyl (C=O) groups is 2. The third kappa shape index (κ3) is 3.74. The highest BCUT2D eigenvalue weighted by molar-refractivity contribution is 6.30. The number of carbonyl (C=O) groups excluding carboxylic acids is 2. The van der Waals surface area contributed by atoms with Crippen molar-refractivity contribution in [1.82, 2.24) is 0 Å². The fraction of sp³-hybridized carbons (Fsp3) is 0.222. The Bertz CT molecular complexity index is 828. The molecule has 1 N–H and O–H groups in total. The molecule has 0 spiro atoms. The van der Waals surface area contributed by atoms with Crippen LogP contribution in [0.1, 0.15) is 13.3 Å². The summed E-state index contributed by atoms with van der Waals surface area (Å²) in [5.41, 5.74) is 1.20. The summed E-state index contributed by atoms with van der Waals surface area (Å²) in [5.74, 6) is -0.719. The fourth-order valence-electron chi connectivity index (χ4n) is 2.75. The molecule has 1 aliphatic heterocycles. The molecule has 130 valence electrons. The Labute approximate surface area is 149 Å². The van der Waals surface area contributed by atoms with Gasteiger partial charge in [-0.2, -0.15) is 0 Å². The zero-order chi connectivity index (χ0) is 18.0. The van der Waals surface area contributed by atoms with Gasteiger partial charge in [-0.05, 0) is 31.2 Å². The third-order valence-electron chi connectivity index (χ3n) is 3.88. The number of nitrogens with one attached hydrogen (secondary N) is 1. The first-order valence-electron chi connectivity index (χ1n) is 7.74. The van der Waals surface area contributed by atoms with Gasteiger partial charge in [-0.1, -0.05) is 23.7 Å². The topological polar surface area (TPSA) is 58.6 Å². The van der Waals surface area contributed by atoms with Gasteiger partial charge in [0.1, 0.15) is 11.6 Å². The van der Waals surface area contributed by atoms with Gasteiger partial charge in [-0.3, -0.25) is 9.59 Å². The number of anilines is 2. The summed E-state index contributed by atoms with van der Waals surface area (Å²) >= 11 is 5.71. The molecule has 2 aromatic rings. The number of benzene rings is 2. The molecule has 3 rings (SSSR count). The predicted octanol–water partition coefficient (Wildman–Crippen LogP) is 3.62. The molecule has 0 fully saturated rings. The zero-order valence-electron chi connectivity index (χ0n) is 13.5. The first-order valence-corrected chi connectivity index (χ1v) is 8.12. The maximum Gasteiger partial charge on any atom is 0.265 e. The molecule has 25 heavy (non-hydrogen) atoms. The summed E-state index contributed by atoms with van der Waals surface area (Å²) in [5, 5.41) is 2.72. The van der Waals surface area contributed by atoms with Crippen molar-refractivity contribution in [1.29, 1.82) is 0 Å². The van der Waals surface area contributed by atoms with Crippen LogP contribution in [0.15, 0.2) is 42.5 Å². The smallest absolute Gasteiger partial charge is 0.265 e. The van der Waals surface area contributed by atoms with Crippen LogP contribution in [0.2, 0.25) is 5.02 Å². The van der Waals surface area contributed by atoms with Crippen molar-refractivity contribution >= 4 is 34.8 Å². The Hall–Kier alpha value is -2.60. The number of ether oxygens (including phenoxy) is 1. The van der Waals surface area contributed by atoms with Crippen LogP contribution in [0.25, 0.3) is 0 Å². The normalized spacial score (nSPS) is 16.7. The quantitative estimate of drug-likeness (QED) is 0.907. The van der Waals surface area contributed by atoms with E-state index < -0.39 is 5.82 Å². The SMILES string of the molecule is C[C@H]1CC(=O)Nc2ccccc2N1C(=O)COc1ccc(F)c(Cl)c1. The molecule has 2 aromatic carbocycles. The van der Waals surface area contributed by atoms with Crippen LogP contribution in [0.4, 0.5) is 15.8 Å². The molecular weight excluding hydrogens is 347 g/mol. The number of hydrogen-bond acceptors (Lipinski definition) is 3. The molecule has 0 aromatic heterocycles. The largest absolute Gasteiger partial charge is 0.484 e. The van der Waals surface area contributed by atoms with Crippen LogP contribution in [0.3, 0.4) is 0 Å². The number of para-hydroxylation sites is 2. The predicted molar refractivity (Wildman–Crippen MR) is 93.5 cm³/mol. The van der Waals surface area contributed by atoms with Crippen molar-refractivity contribution in [3.05, 3.63) is 53.3 Å². The number of amides is 2. The third-order valence-corrected chi connectivity index (χ3v) is 4.17. The lowest BCUT2D eigenvalue weighted by atomic mass is 10.1. The Morgan fingerprint density at radius 2 is 2.12 bits per heavy atom. The van der Waals surface area contributed by atoms with Crippen LogP contribution < -0.4 is 15.0 Å². The van der Waals surface area contributed by atoms with Gasteiger partial charge in [0.25, 0.3) is 5.91 Å². The average molecular weight is 363 g/mol. The molecule has 0 aliphatic carbocycles. The van der Waals surface area contributed by atoms with Crippen LogP contribution in [-0.4, -0.2) is 24.5 Å². The van der Waals surface area contributed by atoms with Gasteiger partial charge in [-0.15, -0.1) is 0 Å². The van der Waals surface area contributed by atoms with E-state index >= 15 is 0 Å². The lowest BCUT2D eigenvalue weighted by Gasteiger charge is -2.27. The van der Waals surface area contributed by atoms with Crippen molar-refractivity contribution in [2.75, 3.05) is 16.8 Å². The van der Waals surface area contributed by atoms with Gasteiger partial charge < -0.3 is 15.0 Å².